The molecule has 0 atom stereocenters. The summed E-state index contributed by atoms with van der Waals surface area (Å²) >= 11 is 0. The molecule has 6 nitrogen and oxygen atoms in total. The summed E-state index contributed by atoms with van der Waals surface area (Å²) in [6, 6.07) is 9.61. The second-order valence-corrected chi connectivity index (χ2v) is 6.81. The Morgan fingerprint density at radius 2 is 1.86 bits per heavy atom. The summed E-state index contributed by atoms with van der Waals surface area (Å²) < 4.78 is 33.0. The van der Waals surface area contributed by atoms with Gasteiger partial charge in [0.25, 0.3) is 5.91 Å². The van der Waals surface area contributed by atoms with Crippen molar-refractivity contribution in [3.8, 4) is 0 Å². The van der Waals surface area contributed by atoms with Crippen molar-refractivity contribution >= 4 is 15.7 Å². The Labute approximate surface area is 129 Å². The summed E-state index contributed by atoms with van der Waals surface area (Å²) in [5, 5.41) is 2.71. The number of furan rings is 1. The molecule has 2 aromatic rings. The number of sulfone groups is 1. The first-order chi connectivity index (χ1) is 10.4. The van der Waals surface area contributed by atoms with E-state index in [9.17, 15) is 13.2 Å². The van der Waals surface area contributed by atoms with Gasteiger partial charge < -0.3 is 14.5 Å². The number of carbonyl (C=O) groups is 1. The summed E-state index contributed by atoms with van der Waals surface area (Å²) in [4.78, 5) is 12.2. The number of hydrogen-bond acceptors (Lipinski definition) is 5. The Morgan fingerprint density at radius 3 is 2.45 bits per heavy atom. The molecule has 0 aliphatic heterocycles. The van der Waals surface area contributed by atoms with Gasteiger partial charge >= 0.3 is 0 Å². The maximum atomic E-state index is 11.9. The van der Waals surface area contributed by atoms with Crippen molar-refractivity contribution < 1.29 is 22.4 Å². The molecule has 1 heterocycles. The van der Waals surface area contributed by atoms with E-state index < -0.39 is 9.84 Å². The standard InChI is InChI=1S/C15H17NO5S/c1-20-10-12-5-8-14(21-12)15(17)16-9-11-3-6-13(7-4-11)22(2,18)19/h3-8H,9-10H2,1-2H3,(H,16,17). The molecule has 118 valence electrons. The van der Waals surface area contributed by atoms with Gasteiger partial charge in [0.15, 0.2) is 15.6 Å². The van der Waals surface area contributed by atoms with Crippen molar-refractivity contribution in [2.45, 2.75) is 18.0 Å². The highest BCUT2D eigenvalue weighted by Gasteiger charge is 2.11. The molecule has 2 rings (SSSR count). The van der Waals surface area contributed by atoms with E-state index in [4.69, 9.17) is 9.15 Å². The molecule has 1 aromatic carbocycles. The number of ether oxygens (including phenoxy) is 1. The van der Waals surface area contributed by atoms with Gasteiger partial charge in [-0.05, 0) is 29.8 Å². The van der Waals surface area contributed by atoms with E-state index in [1.165, 1.54) is 12.1 Å². The van der Waals surface area contributed by atoms with Gasteiger partial charge in [0, 0.05) is 19.9 Å². The first-order valence-electron chi connectivity index (χ1n) is 6.55. The van der Waals surface area contributed by atoms with Crippen LogP contribution >= 0.6 is 0 Å². The van der Waals surface area contributed by atoms with E-state index in [1.807, 2.05) is 0 Å². The predicted octanol–water partition coefficient (Wildman–Crippen LogP) is 1.76. The van der Waals surface area contributed by atoms with Gasteiger partial charge in [-0.2, -0.15) is 0 Å². The Hall–Kier alpha value is -2.12. The highest BCUT2D eigenvalue weighted by molar-refractivity contribution is 7.90. The summed E-state index contributed by atoms with van der Waals surface area (Å²) in [7, 11) is -1.67. The van der Waals surface area contributed by atoms with Crippen molar-refractivity contribution in [3.05, 3.63) is 53.5 Å². The van der Waals surface area contributed by atoms with Gasteiger partial charge in [0.1, 0.15) is 12.4 Å². The molecule has 0 unspecified atom stereocenters. The molecule has 1 amide bonds. The van der Waals surface area contributed by atoms with Crippen molar-refractivity contribution in [2.24, 2.45) is 0 Å². The zero-order chi connectivity index (χ0) is 16.2. The maximum Gasteiger partial charge on any atom is 0.287 e. The lowest BCUT2D eigenvalue weighted by Gasteiger charge is -2.05. The van der Waals surface area contributed by atoms with Crippen LogP contribution in [-0.2, 0) is 27.7 Å². The average Bonchev–Trinajstić information content (AvgIpc) is 2.93. The highest BCUT2D eigenvalue weighted by atomic mass is 32.2. The molecule has 1 aromatic heterocycles. The van der Waals surface area contributed by atoms with Crippen LogP contribution in [-0.4, -0.2) is 27.7 Å². The smallest absolute Gasteiger partial charge is 0.287 e. The third-order valence-electron chi connectivity index (χ3n) is 2.98. The monoisotopic (exact) mass is 323 g/mol. The van der Waals surface area contributed by atoms with Gasteiger partial charge in [0.05, 0.1) is 4.90 Å². The van der Waals surface area contributed by atoms with Gasteiger partial charge in [-0.15, -0.1) is 0 Å². The molecule has 7 heteroatoms. The van der Waals surface area contributed by atoms with Crippen LogP contribution in [0.25, 0.3) is 0 Å². The zero-order valence-electron chi connectivity index (χ0n) is 12.3. The first kappa shape index (κ1) is 16.3. The Kier molecular flexibility index (Phi) is 4.99. The van der Waals surface area contributed by atoms with Crippen molar-refractivity contribution in [3.63, 3.8) is 0 Å². The van der Waals surface area contributed by atoms with Crippen molar-refractivity contribution in [1.29, 1.82) is 0 Å². The molecular weight excluding hydrogens is 306 g/mol. The maximum absolute atomic E-state index is 11.9. The largest absolute Gasteiger partial charge is 0.453 e. The summed E-state index contributed by atoms with van der Waals surface area (Å²) in [6.07, 6.45) is 1.15. The molecule has 0 fully saturated rings. The molecule has 1 N–H and O–H groups in total. The third kappa shape index (κ3) is 4.19. The quantitative estimate of drug-likeness (QED) is 0.875. The zero-order valence-corrected chi connectivity index (χ0v) is 13.1. The minimum Gasteiger partial charge on any atom is -0.453 e. The van der Waals surface area contributed by atoms with Crippen LogP contribution < -0.4 is 5.32 Å². The predicted molar refractivity (Wildman–Crippen MR) is 80.1 cm³/mol. The van der Waals surface area contributed by atoms with Crippen LogP contribution in [0.5, 0.6) is 0 Å². The number of methoxy groups -OCH3 is 1. The lowest BCUT2D eigenvalue weighted by Crippen LogP contribution is -2.22. The fraction of sp³-hybridized carbons (Fsp3) is 0.267. The second kappa shape index (κ2) is 6.76. The fourth-order valence-electron chi connectivity index (χ4n) is 1.84. The van der Waals surface area contributed by atoms with Crippen LogP contribution in [0.2, 0.25) is 0 Å². The summed E-state index contributed by atoms with van der Waals surface area (Å²) in [6.45, 7) is 0.587. The number of rotatable bonds is 6. The van der Waals surface area contributed by atoms with Crippen LogP contribution in [0.3, 0.4) is 0 Å². The normalized spacial score (nSPS) is 11.4. The molecule has 0 aliphatic rings. The molecule has 22 heavy (non-hydrogen) atoms. The second-order valence-electron chi connectivity index (χ2n) is 4.80. The van der Waals surface area contributed by atoms with Gasteiger partial charge in [-0.1, -0.05) is 12.1 Å². The topological polar surface area (TPSA) is 85.6 Å². The van der Waals surface area contributed by atoms with Crippen LogP contribution in [0.4, 0.5) is 0 Å². The van der Waals surface area contributed by atoms with E-state index in [2.05, 4.69) is 5.32 Å². The van der Waals surface area contributed by atoms with Crippen molar-refractivity contribution in [2.75, 3.05) is 13.4 Å². The molecule has 0 bridgehead atoms. The first-order valence-corrected chi connectivity index (χ1v) is 8.44. The van der Waals surface area contributed by atoms with Crippen LogP contribution in [0.1, 0.15) is 21.9 Å². The number of amides is 1. The van der Waals surface area contributed by atoms with E-state index in [0.717, 1.165) is 11.8 Å². The van der Waals surface area contributed by atoms with Crippen LogP contribution in [0, 0.1) is 0 Å². The average molecular weight is 323 g/mol. The molecule has 0 saturated carbocycles. The Morgan fingerprint density at radius 1 is 1.18 bits per heavy atom. The van der Waals surface area contributed by atoms with E-state index >= 15 is 0 Å². The minimum atomic E-state index is -3.21. The lowest BCUT2D eigenvalue weighted by molar-refractivity contribution is 0.0914. The molecular formula is C15H17NO5S. The third-order valence-corrected chi connectivity index (χ3v) is 4.11. The number of benzene rings is 1. The molecule has 0 aliphatic carbocycles. The SMILES string of the molecule is COCc1ccc(C(=O)NCc2ccc(S(C)(=O)=O)cc2)o1. The molecule has 0 radical (unpaired) electrons. The fourth-order valence-corrected chi connectivity index (χ4v) is 2.47. The van der Waals surface area contributed by atoms with Gasteiger partial charge in [-0.3, -0.25) is 4.79 Å². The number of hydrogen-bond donors (Lipinski definition) is 1. The number of nitrogens with one attached hydrogen (secondary N) is 1. The lowest BCUT2D eigenvalue weighted by atomic mass is 10.2. The molecule has 0 spiro atoms. The number of carbonyl (C=O) groups excluding carboxylic acids is 1. The van der Waals surface area contributed by atoms with Gasteiger partial charge in [0.2, 0.25) is 0 Å². The van der Waals surface area contributed by atoms with E-state index in [1.54, 1.807) is 31.4 Å². The van der Waals surface area contributed by atoms with Crippen molar-refractivity contribution in [1.82, 2.24) is 5.32 Å². The van der Waals surface area contributed by atoms with E-state index in [-0.39, 0.29) is 23.1 Å². The Bertz CT molecular complexity index is 746. The minimum absolute atomic E-state index is 0.208. The van der Waals surface area contributed by atoms with Gasteiger partial charge in [-0.25, -0.2) is 8.42 Å². The van der Waals surface area contributed by atoms with E-state index in [0.29, 0.717) is 12.4 Å². The highest BCUT2D eigenvalue weighted by Crippen LogP contribution is 2.11. The summed E-state index contributed by atoms with van der Waals surface area (Å²) in [5.74, 6) is 0.444. The van der Waals surface area contributed by atoms with Crippen LogP contribution in [0.15, 0.2) is 45.7 Å². The molecule has 0 saturated heterocycles. The Balaban J connectivity index is 1.95. The summed E-state index contributed by atoms with van der Waals surface area (Å²) in [5.41, 5.74) is 0.796.